The second-order valence-corrected chi connectivity index (χ2v) is 7.15. The summed E-state index contributed by atoms with van der Waals surface area (Å²) in [7, 11) is -4.22. The van der Waals surface area contributed by atoms with E-state index in [0.717, 1.165) is 26.1 Å². The predicted molar refractivity (Wildman–Crippen MR) is 84.7 cm³/mol. The third-order valence-electron chi connectivity index (χ3n) is 3.81. The lowest BCUT2D eigenvalue weighted by atomic mass is 10.0. The zero-order valence-corrected chi connectivity index (χ0v) is 14.1. The van der Waals surface area contributed by atoms with E-state index in [2.05, 4.69) is 19.6 Å². The number of rotatable bonds is 5. The van der Waals surface area contributed by atoms with Crippen LogP contribution in [0.3, 0.4) is 0 Å². The Labute approximate surface area is 144 Å². The van der Waals surface area contributed by atoms with Crippen LogP contribution >= 0.6 is 0 Å². The number of carbonyl (C=O) groups is 1. The molecule has 2 aromatic rings. The lowest BCUT2D eigenvalue weighted by molar-refractivity contribution is 0.0586. The highest BCUT2D eigenvalue weighted by molar-refractivity contribution is 7.87. The highest BCUT2D eigenvalue weighted by Gasteiger charge is 2.19. The molecule has 0 bridgehead atoms. The van der Waals surface area contributed by atoms with Crippen LogP contribution in [0, 0.1) is 5.92 Å². The van der Waals surface area contributed by atoms with Crippen molar-refractivity contribution in [3.63, 3.8) is 0 Å². The van der Waals surface area contributed by atoms with Crippen LogP contribution in [0.2, 0.25) is 0 Å². The van der Waals surface area contributed by atoms with Gasteiger partial charge in [-0.05, 0) is 48.2 Å². The standard InChI is InChI=1S/C14H17N5O5S/c15-14(20)24-25(21,22)12-3-1-11(2-4-12)13-16-18-19(17-13)9-10-5-7-23-8-6-10/h1-4,10H,5-9H2,(H2,15,20). The summed E-state index contributed by atoms with van der Waals surface area (Å²) in [6.07, 6.45) is 0.536. The maximum Gasteiger partial charge on any atom is 0.420 e. The Morgan fingerprint density at radius 1 is 1.28 bits per heavy atom. The first-order valence-corrected chi connectivity index (χ1v) is 9.05. The first-order valence-electron chi connectivity index (χ1n) is 7.64. The molecule has 25 heavy (non-hydrogen) atoms. The van der Waals surface area contributed by atoms with Gasteiger partial charge in [-0.3, -0.25) is 0 Å². The molecular formula is C14H17N5O5S. The number of ether oxygens (including phenoxy) is 1. The van der Waals surface area contributed by atoms with E-state index < -0.39 is 16.2 Å². The average molecular weight is 367 g/mol. The molecule has 0 saturated carbocycles. The molecule has 10 nitrogen and oxygen atoms in total. The van der Waals surface area contributed by atoms with Gasteiger partial charge in [-0.25, -0.2) is 4.79 Å². The highest BCUT2D eigenvalue weighted by atomic mass is 32.2. The van der Waals surface area contributed by atoms with Crippen LogP contribution in [0.1, 0.15) is 12.8 Å². The first-order chi connectivity index (χ1) is 11.9. The fourth-order valence-corrected chi connectivity index (χ4v) is 3.30. The van der Waals surface area contributed by atoms with Gasteiger partial charge in [0.1, 0.15) is 4.90 Å². The van der Waals surface area contributed by atoms with Gasteiger partial charge in [-0.2, -0.15) is 13.2 Å². The summed E-state index contributed by atoms with van der Waals surface area (Å²) in [6.45, 7) is 2.15. The Morgan fingerprint density at radius 2 is 1.96 bits per heavy atom. The second-order valence-electron chi connectivity index (χ2n) is 5.60. The first kappa shape index (κ1) is 17.3. The van der Waals surface area contributed by atoms with Gasteiger partial charge in [0.25, 0.3) is 0 Å². The number of hydrogen-bond acceptors (Lipinski definition) is 8. The fraction of sp³-hybridized carbons (Fsp3) is 0.429. The summed E-state index contributed by atoms with van der Waals surface area (Å²) in [5, 5.41) is 12.3. The minimum atomic E-state index is -4.22. The quantitative estimate of drug-likeness (QED) is 0.756. The van der Waals surface area contributed by atoms with Crippen LogP contribution in [0.4, 0.5) is 4.79 Å². The van der Waals surface area contributed by atoms with E-state index in [4.69, 9.17) is 10.5 Å². The van der Waals surface area contributed by atoms with Gasteiger partial charge in [-0.15, -0.1) is 10.2 Å². The number of benzene rings is 1. The van der Waals surface area contributed by atoms with Gasteiger partial charge < -0.3 is 14.7 Å². The van der Waals surface area contributed by atoms with Gasteiger partial charge in [0.05, 0.1) is 6.54 Å². The second kappa shape index (κ2) is 7.15. The molecule has 0 unspecified atom stereocenters. The number of tetrazole rings is 1. The highest BCUT2D eigenvalue weighted by Crippen LogP contribution is 2.20. The Hall–Kier alpha value is -2.53. The van der Waals surface area contributed by atoms with Crippen molar-refractivity contribution in [3.8, 4) is 11.4 Å². The van der Waals surface area contributed by atoms with E-state index in [-0.39, 0.29) is 4.90 Å². The van der Waals surface area contributed by atoms with Crippen LogP contribution in [0.15, 0.2) is 29.2 Å². The van der Waals surface area contributed by atoms with Crippen molar-refractivity contribution in [1.29, 1.82) is 0 Å². The van der Waals surface area contributed by atoms with Crippen LogP contribution in [-0.2, 0) is 25.6 Å². The summed E-state index contributed by atoms with van der Waals surface area (Å²) in [6, 6.07) is 5.58. The summed E-state index contributed by atoms with van der Waals surface area (Å²) in [5.74, 6) is 0.834. The molecule has 2 N–H and O–H groups in total. The Morgan fingerprint density at radius 3 is 2.60 bits per heavy atom. The molecule has 1 saturated heterocycles. The minimum Gasteiger partial charge on any atom is -0.381 e. The van der Waals surface area contributed by atoms with Crippen molar-refractivity contribution >= 4 is 16.2 Å². The lowest BCUT2D eigenvalue weighted by Crippen LogP contribution is -2.21. The van der Waals surface area contributed by atoms with Crippen LogP contribution < -0.4 is 5.73 Å². The molecule has 0 atom stereocenters. The van der Waals surface area contributed by atoms with Gasteiger partial charge >= 0.3 is 16.2 Å². The zero-order chi connectivity index (χ0) is 17.9. The summed E-state index contributed by atoms with van der Waals surface area (Å²) in [4.78, 5) is 12.0. The molecule has 134 valence electrons. The molecule has 2 heterocycles. The van der Waals surface area contributed by atoms with Crippen molar-refractivity contribution in [2.45, 2.75) is 24.3 Å². The third-order valence-corrected chi connectivity index (χ3v) is 5.04. The van der Waals surface area contributed by atoms with E-state index in [1.807, 2.05) is 0 Å². The largest absolute Gasteiger partial charge is 0.420 e. The Bertz CT molecular complexity index is 843. The van der Waals surface area contributed by atoms with Crippen LogP contribution in [0.5, 0.6) is 0 Å². The molecule has 0 aliphatic carbocycles. The zero-order valence-electron chi connectivity index (χ0n) is 13.2. The Kier molecular flexibility index (Phi) is 4.95. The average Bonchev–Trinajstić information content (AvgIpc) is 3.03. The molecule has 1 fully saturated rings. The normalized spacial score (nSPS) is 15.8. The van der Waals surface area contributed by atoms with E-state index >= 15 is 0 Å². The van der Waals surface area contributed by atoms with Gasteiger partial charge in [0.2, 0.25) is 5.82 Å². The van der Waals surface area contributed by atoms with Crippen molar-refractivity contribution < 1.29 is 22.1 Å². The van der Waals surface area contributed by atoms with E-state index in [0.29, 0.717) is 23.9 Å². The molecule has 0 spiro atoms. The third kappa shape index (κ3) is 4.31. The lowest BCUT2D eigenvalue weighted by Gasteiger charge is -2.20. The number of hydrogen-bond donors (Lipinski definition) is 1. The van der Waals surface area contributed by atoms with E-state index in [9.17, 15) is 13.2 Å². The number of primary amides is 1. The molecule has 1 aliphatic rings. The van der Waals surface area contributed by atoms with Crippen molar-refractivity contribution in [2.24, 2.45) is 11.7 Å². The molecule has 3 rings (SSSR count). The topological polar surface area (TPSA) is 139 Å². The molecular weight excluding hydrogens is 350 g/mol. The predicted octanol–water partition coefficient (Wildman–Crippen LogP) is 0.551. The van der Waals surface area contributed by atoms with Gasteiger partial charge in [0.15, 0.2) is 0 Å². The van der Waals surface area contributed by atoms with Crippen molar-refractivity contribution in [2.75, 3.05) is 13.2 Å². The molecule has 1 amide bonds. The minimum absolute atomic E-state index is 0.190. The number of carbonyl (C=O) groups excluding carboxylic acids is 1. The molecule has 1 aliphatic heterocycles. The Balaban J connectivity index is 1.71. The summed E-state index contributed by atoms with van der Waals surface area (Å²) in [5.41, 5.74) is 5.33. The van der Waals surface area contributed by atoms with Crippen LogP contribution in [0.25, 0.3) is 11.4 Å². The van der Waals surface area contributed by atoms with Gasteiger partial charge in [-0.1, -0.05) is 0 Å². The summed E-state index contributed by atoms with van der Waals surface area (Å²) < 4.78 is 32.9. The number of nitrogens with two attached hydrogens (primary N) is 1. The van der Waals surface area contributed by atoms with Crippen molar-refractivity contribution in [3.05, 3.63) is 24.3 Å². The van der Waals surface area contributed by atoms with Crippen LogP contribution in [-0.4, -0.2) is 47.9 Å². The molecule has 1 aromatic heterocycles. The monoisotopic (exact) mass is 367 g/mol. The van der Waals surface area contributed by atoms with E-state index in [1.165, 1.54) is 29.1 Å². The SMILES string of the molecule is NC(=O)OS(=O)(=O)c1ccc(-c2nnn(CC3CCOCC3)n2)cc1. The van der Waals surface area contributed by atoms with Gasteiger partial charge in [0, 0.05) is 18.8 Å². The molecule has 11 heteroatoms. The smallest absolute Gasteiger partial charge is 0.381 e. The summed E-state index contributed by atoms with van der Waals surface area (Å²) >= 11 is 0. The number of nitrogens with zero attached hydrogens (tertiary/aromatic N) is 4. The maximum atomic E-state index is 11.7. The maximum absolute atomic E-state index is 11.7. The number of aromatic nitrogens is 4. The van der Waals surface area contributed by atoms with Crippen molar-refractivity contribution in [1.82, 2.24) is 20.2 Å². The fourth-order valence-electron chi connectivity index (χ4n) is 2.52. The molecule has 1 aromatic carbocycles. The number of amides is 1. The molecule has 0 radical (unpaired) electrons. The van der Waals surface area contributed by atoms with E-state index in [1.54, 1.807) is 0 Å².